The van der Waals surface area contributed by atoms with Crippen LogP contribution in [0.2, 0.25) is 0 Å². The molecule has 1 unspecified atom stereocenters. The van der Waals surface area contributed by atoms with Crippen molar-refractivity contribution in [3.05, 3.63) is 35.9 Å². The third-order valence-corrected chi connectivity index (χ3v) is 4.62. The average Bonchev–Trinajstić information content (AvgIpc) is 2.38. The van der Waals surface area contributed by atoms with Crippen LogP contribution in [-0.4, -0.2) is 38.2 Å². The smallest absolute Gasteiger partial charge is 0.303 e. The Morgan fingerprint density at radius 3 is 2.19 bits per heavy atom. The van der Waals surface area contributed by atoms with Gasteiger partial charge in [0.15, 0.2) is 0 Å². The molecule has 0 amide bonds. The molecule has 0 radical (unpaired) electrons. The molecule has 0 fully saturated rings. The van der Waals surface area contributed by atoms with Crippen molar-refractivity contribution < 1.29 is 24.4 Å². The van der Waals surface area contributed by atoms with Crippen LogP contribution in [0.3, 0.4) is 0 Å². The maximum Gasteiger partial charge on any atom is 0.303 e. The van der Waals surface area contributed by atoms with Crippen LogP contribution in [0.4, 0.5) is 0 Å². The largest absolute Gasteiger partial charge is 0.616 e. The Kier molecular flexibility index (Phi) is 7.85. The number of aliphatic carboxylic acids is 2. The summed E-state index contributed by atoms with van der Waals surface area (Å²) in [6.07, 6.45) is 1.05. The van der Waals surface area contributed by atoms with Gasteiger partial charge in [-0.1, -0.05) is 41.5 Å². The van der Waals surface area contributed by atoms with Crippen LogP contribution < -0.4 is 0 Å². The Morgan fingerprint density at radius 1 is 1.10 bits per heavy atom. The van der Waals surface area contributed by atoms with E-state index >= 15 is 0 Å². The van der Waals surface area contributed by atoms with Gasteiger partial charge in [0.1, 0.15) is 11.5 Å². The average molecular weight is 312 g/mol. The number of aryl methyl sites for hydroxylation is 1. The SMILES string of the molecule is O=C(O)CC(CC(=O)O)C[S+]([O-])CCCc1ccccc1. The Hall–Kier alpha value is -1.53. The number of carboxylic acid groups (broad SMARTS) is 2. The lowest BCUT2D eigenvalue weighted by Gasteiger charge is -2.16. The van der Waals surface area contributed by atoms with E-state index in [2.05, 4.69) is 0 Å². The van der Waals surface area contributed by atoms with E-state index in [4.69, 9.17) is 10.2 Å². The summed E-state index contributed by atoms with van der Waals surface area (Å²) in [6.45, 7) is 0. The van der Waals surface area contributed by atoms with Crippen LogP contribution >= 0.6 is 0 Å². The third kappa shape index (κ3) is 8.37. The molecular weight excluding hydrogens is 292 g/mol. The predicted molar refractivity (Wildman–Crippen MR) is 80.6 cm³/mol. The van der Waals surface area contributed by atoms with E-state index in [0.717, 1.165) is 12.8 Å². The maximum atomic E-state index is 11.9. The molecular formula is C15H20O5S. The van der Waals surface area contributed by atoms with E-state index < -0.39 is 29.0 Å². The second kappa shape index (κ2) is 9.41. The number of hydrogen-bond acceptors (Lipinski definition) is 3. The summed E-state index contributed by atoms with van der Waals surface area (Å²) < 4.78 is 11.9. The van der Waals surface area contributed by atoms with Gasteiger partial charge in [-0.15, -0.1) is 0 Å². The molecule has 1 aromatic rings. The lowest BCUT2D eigenvalue weighted by atomic mass is 10.0. The standard InChI is InChI=1S/C15H20O5S/c16-14(17)9-13(10-15(18)19)11-21(20)8-4-7-12-5-2-1-3-6-12/h1-3,5-6,13H,4,7-11H2,(H,16,17)(H,18,19). The molecule has 1 atom stereocenters. The van der Waals surface area contributed by atoms with Crippen molar-refractivity contribution in [2.45, 2.75) is 25.7 Å². The zero-order chi connectivity index (χ0) is 15.7. The van der Waals surface area contributed by atoms with Gasteiger partial charge >= 0.3 is 11.9 Å². The summed E-state index contributed by atoms with van der Waals surface area (Å²) in [7, 11) is 0. The van der Waals surface area contributed by atoms with Crippen molar-refractivity contribution in [3.63, 3.8) is 0 Å². The number of hydrogen-bond donors (Lipinski definition) is 2. The lowest BCUT2D eigenvalue weighted by molar-refractivity contribution is -0.140. The fourth-order valence-electron chi connectivity index (χ4n) is 2.11. The highest BCUT2D eigenvalue weighted by Crippen LogP contribution is 2.14. The number of benzene rings is 1. The van der Waals surface area contributed by atoms with Crippen molar-refractivity contribution in [2.75, 3.05) is 11.5 Å². The maximum absolute atomic E-state index is 11.9. The zero-order valence-corrected chi connectivity index (χ0v) is 12.6. The summed E-state index contributed by atoms with van der Waals surface area (Å²) in [5.41, 5.74) is 1.17. The van der Waals surface area contributed by atoms with E-state index in [0.29, 0.717) is 5.75 Å². The van der Waals surface area contributed by atoms with Gasteiger partial charge < -0.3 is 14.8 Å². The normalized spacial score (nSPS) is 12.3. The minimum atomic E-state index is -1.18. The van der Waals surface area contributed by atoms with E-state index in [1.807, 2.05) is 30.3 Å². The van der Waals surface area contributed by atoms with Gasteiger partial charge in [-0.3, -0.25) is 9.59 Å². The molecule has 1 aromatic carbocycles. The number of carboxylic acids is 2. The minimum Gasteiger partial charge on any atom is -0.616 e. The second-order valence-electron chi connectivity index (χ2n) is 4.96. The van der Waals surface area contributed by atoms with Crippen LogP contribution in [0.25, 0.3) is 0 Å². The molecule has 1 rings (SSSR count). The summed E-state index contributed by atoms with van der Waals surface area (Å²) in [6, 6.07) is 9.83. The lowest BCUT2D eigenvalue weighted by Crippen LogP contribution is -2.23. The van der Waals surface area contributed by atoms with Crippen LogP contribution in [0.1, 0.15) is 24.8 Å². The molecule has 0 heterocycles. The first-order chi connectivity index (χ1) is 9.97. The van der Waals surface area contributed by atoms with Gasteiger partial charge in [0.05, 0.1) is 12.8 Å². The van der Waals surface area contributed by atoms with Crippen molar-refractivity contribution in [3.8, 4) is 0 Å². The molecule has 0 aliphatic heterocycles. The second-order valence-corrected chi connectivity index (χ2v) is 6.58. The Balaban J connectivity index is 2.33. The highest BCUT2D eigenvalue weighted by Gasteiger charge is 2.22. The molecule has 0 saturated carbocycles. The van der Waals surface area contributed by atoms with Gasteiger partial charge in [-0.25, -0.2) is 0 Å². The van der Waals surface area contributed by atoms with Crippen LogP contribution in [0.15, 0.2) is 30.3 Å². The van der Waals surface area contributed by atoms with Crippen LogP contribution in [0.5, 0.6) is 0 Å². The first-order valence-corrected chi connectivity index (χ1v) is 8.28. The Morgan fingerprint density at radius 2 is 1.67 bits per heavy atom. The molecule has 0 aromatic heterocycles. The summed E-state index contributed by atoms with van der Waals surface area (Å²) in [5.74, 6) is -2.08. The van der Waals surface area contributed by atoms with Crippen molar-refractivity contribution in [2.24, 2.45) is 5.92 Å². The van der Waals surface area contributed by atoms with Crippen molar-refractivity contribution >= 4 is 23.1 Å². The number of carbonyl (C=O) groups is 2. The highest BCUT2D eigenvalue weighted by atomic mass is 32.2. The van der Waals surface area contributed by atoms with E-state index in [1.165, 1.54) is 5.56 Å². The molecule has 0 aliphatic rings. The molecule has 6 heteroatoms. The van der Waals surface area contributed by atoms with Crippen LogP contribution in [-0.2, 0) is 27.2 Å². The molecule has 0 spiro atoms. The Labute approximate surface area is 127 Å². The predicted octanol–water partition coefficient (Wildman–Crippen LogP) is 1.93. The zero-order valence-electron chi connectivity index (χ0n) is 11.7. The molecule has 116 valence electrons. The van der Waals surface area contributed by atoms with Gasteiger partial charge in [-0.05, 0) is 18.4 Å². The minimum absolute atomic E-state index is 0.132. The summed E-state index contributed by atoms with van der Waals surface area (Å²) in [5, 5.41) is 17.5. The van der Waals surface area contributed by atoms with E-state index in [9.17, 15) is 14.1 Å². The molecule has 2 N–H and O–H groups in total. The van der Waals surface area contributed by atoms with Crippen LogP contribution in [0, 0.1) is 5.92 Å². The summed E-state index contributed by atoms with van der Waals surface area (Å²) in [4.78, 5) is 21.4. The van der Waals surface area contributed by atoms with Crippen molar-refractivity contribution in [1.29, 1.82) is 0 Å². The summed E-state index contributed by atoms with van der Waals surface area (Å²) >= 11 is -1.18. The van der Waals surface area contributed by atoms with Gasteiger partial charge in [0.2, 0.25) is 0 Å². The number of rotatable bonds is 10. The molecule has 0 bridgehead atoms. The molecule has 0 aliphatic carbocycles. The van der Waals surface area contributed by atoms with Gasteiger partial charge in [0, 0.05) is 5.92 Å². The van der Waals surface area contributed by atoms with E-state index in [1.54, 1.807) is 0 Å². The first-order valence-electron chi connectivity index (χ1n) is 6.80. The fraction of sp³-hybridized carbons (Fsp3) is 0.467. The van der Waals surface area contributed by atoms with E-state index in [-0.39, 0.29) is 18.6 Å². The van der Waals surface area contributed by atoms with Gasteiger partial charge in [0.25, 0.3) is 0 Å². The molecule has 0 saturated heterocycles. The van der Waals surface area contributed by atoms with Gasteiger partial charge in [-0.2, -0.15) is 0 Å². The Bertz CT molecular complexity index is 433. The third-order valence-electron chi connectivity index (χ3n) is 3.03. The quantitative estimate of drug-likeness (QED) is 0.643. The molecule has 5 nitrogen and oxygen atoms in total. The fourth-order valence-corrected chi connectivity index (χ4v) is 3.51. The highest BCUT2D eigenvalue weighted by molar-refractivity contribution is 7.91. The molecule has 21 heavy (non-hydrogen) atoms. The topological polar surface area (TPSA) is 97.7 Å². The first kappa shape index (κ1) is 17.5. The van der Waals surface area contributed by atoms with Crippen molar-refractivity contribution in [1.82, 2.24) is 0 Å². The monoisotopic (exact) mass is 312 g/mol.